The number of alkyl halides is 3. The number of carbonyl (C=O) groups is 2. The van der Waals surface area contributed by atoms with Crippen LogP contribution in [0.5, 0.6) is 11.8 Å². The molecule has 1 saturated heterocycles. The highest BCUT2D eigenvalue weighted by Crippen LogP contribution is 2.55. The molecule has 0 radical (unpaired) electrons. The van der Waals surface area contributed by atoms with Gasteiger partial charge in [-0.2, -0.15) is 18.2 Å². The summed E-state index contributed by atoms with van der Waals surface area (Å²) >= 11 is 0. The van der Waals surface area contributed by atoms with Gasteiger partial charge >= 0.3 is 6.18 Å². The number of benzene rings is 3. The lowest BCUT2D eigenvalue weighted by molar-refractivity contribution is -0.261. The van der Waals surface area contributed by atoms with Crippen molar-refractivity contribution < 1.29 is 37.3 Å². The smallest absolute Gasteiger partial charge is 0.417 e. The third kappa shape index (κ3) is 5.91. The van der Waals surface area contributed by atoms with E-state index in [0.29, 0.717) is 34.9 Å². The molecule has 1 N–H and O–H groups in total. The van der Waals surface area contributed by atoms with Gasteiger partial charge in [0.2, 0.25) is 11.8 Å². The molecule has 3 heterocycles. The Bertz CT molecular complexity index is 1810. The number of nitrogens with zero attached hydrogens (tertiary/aromatic N) is 3. The van der Waals surface area contributed by atoms with Crippen LogP contribution in [0.4, 0.5) is 18.9 Å². The first kappa shape index (κ1) is 30.7. The van der Waals surface area contributed by atoms with Gasteiger partial charge < -0.3 is 19.5 Å². The van der Waals surface area contributed by atoms with Gasteiger partial charge in [0.15, 0.2) is 5.60 Å². The van der Waals surface area contributed by atoms with Gasteiger partial charge in [-0.1, -0.05) is 60.7 Å². The van der Waals surface area contributed by atoms with E-state index in [1.54, 1.807) is 35.2 Å². The molecule has 4 aromatic rings. The number of hydrogen-bond acceptors (Lipinski definition) is 6. The van der Waals surface area contributed by atoms with Gasteiger partial charge in [0, 0.05) is 35.7 Å². The summed E-state index contributed by atoms with van der Waals surface area (Å²) < 4.78 is 52.2. The first-order valence-electron chi connectivity index (χ1n) is 15.4. The lowest BCUT2D eigenvalue weighted by atomic mass is 9.76. The maximum atomic E-state index is 13.6. The Kier molecular flexibility index (Phi) is 7.66. The standard InChI is InChI=1S/C36H32F3N3O5/c37-36(38,39)35(45)16-15-34(21-35)22-41(23-34)32(43)26-11-12-28-27(17-26)18-42(33(28)44)29-13-14-30(46-19-24-7-3-1-4-8-24)40-31(29)47-20-25-9-5-2-6-10-25/h1-14,17,45H,15-16,18-23H2. The van der Waals surface area contributed by atoms with Gasteiger partial charge in [0.05, 0.1) is 6.54 Å². The zero-order valence-corrected chi connectivity index (χ0v) is 25.4. The summed E-state index contributed by atoms with van der Waals surface area (Å²) in [6, 6.07) is 27.5. The molecule has 2 aliphatic heterocycles. The number of pyridine rings is 1. The predicted octanol–water partition coefficient (Wildman–Crippen LogP) is 6.32. The summed E-state index contributed by atoms with van der Waals surface area (Å²) in [4.78, 5) is 34.6. The molecule has 1 aromatic heterocycles. The number of aliphatic hydroxyl groups is 1. The molecule has 3 aliphatic rings. The van der Waals surface area contributed by atoms with E-state index in [-0.39, 0.29) is 56.8 Å². The summed E-state index contributed by atoms with van der Waals surface area (Å²) in [5, 5.41) is 10.1. The number of likely N-dealkylation sites (tertiary alicyclic amines) is 1. The van der Waals surface area contributed by atoms with Crippen LogP contribution in [0.1, 0.15) is 56.7 Å². The number of ether oxygens (including phenoxy) is 2. The van der Waals surface area contributed by atoms with Crippen molar-refractivity contribution in [3.63, 3.8) is 0 Å². The van der Waals surface area contributed by atoms with Crippen LogP contribution in [0.15, 0.2) is 91.0 Å². The Morgan fingerprint density at radius 1 is 0.872 bits per heavy atom. The Balaban J connectivity index is 1.07. The van der Waals surface area contributed by atoms with Gasteiger partial charge in [-0.15, -0.1) is 0 Å². The minimum atomic E-state index is -4.70. The van der Waals surface area contributed by atoms with Crippen molar-refractivity contribution in [2.45, 2.75) is 50.8 Å². The molecule has 1 spiro atoms. The highest BCUT2D eigenvalue weighted by molar-refractivity contribution is 6.11. The van der Waals surface area contributed by atoms with E-state index in [9.17, 15) is 27.9 Å². The van der Waals surface area contributed by atoms with Crippen molar-refractivity contribution in [1.82, 2.24) is 9.88 Å². The van der Waals surface area contributed by atoms with Crippen LogP contribution in [0.25, 0.3) is 0 Å². The molecule has 47 heavy (non-hydrogen) atoms. The van der Waals surface area contributed by atoms with E-state index in [4.69, 9.17) is 9.47 Å². The number of carbonyl (C=O) groups excluding carboxylic acids is 2. The lowest BCUT2D eigenvalue weighted by Gasteiger charge is -2.49. The molecule has 2 fully saturated rings. The molecule has 2 amide bonds. The number of fused-ring (bicyclic) bond motifs is 1. The van der Waals surface area contributed by atoms with Crippen molar-refractivity contribution >= 4 is 17.5 Å². The Labute approximate surface area is 269 Å². The molecule has 3 aromatic carbocycles. The molecular formula is C36H32F3N3O5. The summed E-state index contributed by atoms with van der Waals surface area (Å²) in [5.74, 6) is -0.0389. The Hall–Kier alpha value is -4.90. The second-order valence-corrected chi connectivity index (χ2v) is 12.7. The number of anilines is 1. The fourth-order valence-electron chi connectivity index (χ4n) is 6.78. The monoisotopic (exact) mass is 643 g/mol. The fourth-order valence-corrected chi connectivity index (χ4v) is 6.78. The van der Waals surface area contributed by atoms with Gasteiger partial charge in [-0.05, 0) is 60.2 Å². The molecule has 242 valence electrons. The summed E-state index contributed by atoms with van der Waals surface area (Å²) in [6.07, 6.45) is -5.25. The molecule has 1 atom stereocenters. The number of hydrogen-bond donors (Lipinski definition) is 1. The molecule has 1 saturated carbocycles. The Morgan fingerprint density at radius 3 is 2.17 bits per heavy atom. The maximum absolute atomic E-state index is 13.6. The fraction of sp³-hybridized carbons (Fsp3) is 0.306. The molecule has 7 rings (SSSR count). The van der Waals surface area contributed by atoms with E-state index in [1.165, 1.54) is 4.90 Å². The number of rotatable bonds is 8. The van der Waals surface area contributed by atoms with E-state index >= 15 is 0 Å². The third-order valence-electron chi connectivity index (χ3n) is 9.31. The maximum Gasteiger partial charge on any atom is 0.417 e. The van der Waals surface area contributed by atoms with Crippen molar-refractivity contribution in [2.75, 3.05) is 18.0 Å². The van der Waals surface area contributed by atoms with Crippen molar-refractivity contribution in [2.24, 2.45) is 5.41 Å². The van der Waals surface area contributed by atoms with Crippen molar-refractivity contribution in [1.29, 1.82) is 0 Å². The topological polar surface area (TPSA) is 92.2 Å². The van der Waals surface area contributed by atoms with E-state index in [0.717, 1.165) is 11.1 Å². The normalized spacial score (nSPS) is 19.9. The largest absolute Gasteiger partial charge is 0.473 e. The minimum Gasteiger partial charge on any atom is -0.473 e. The number of halogens is 3. The average Bonchev–Trinajstić information content (AvgIpc) is 3.60. The molecule has 11 heteroatoms. The lowest BCUT2D eigenvalue weighted by Crippen LogP contribution is -2.58. The molecule has 1 unspecified atom stereocenters. The van der Waals surface area contributed by atoms with Crippen LogP contribution in [0.2, 0.25) is 0 Å². The van der Waals surface area contributed by atoms with E-state index < -0.39 is 23.6 Å². The first-order valence-corrected chi connectivity index (χ1v) is 15.4. The van der Waals surface area contributed by atoms with Gasteiger partial charge in [0.25, 0.3) is 11.8 Å². The van der Waals surface area contributed by atoms with Crippen LogP contribution in [-0.4, -0.2) is 51.7 Å². The second-order valence-electron chi connectivity index (χ2n) is 12.7. The van der Waals surface area contributed by atoms with Crippen molar-refractivity contribution in [3.05, 3.63) is 119 Å². The van der Waals surface area contributed by atoms with Crippen LogP contribution in [0, 0.1) is 5.41 Å². The van der Waals surface area contributed by atoms with Gasteiger partial charge in [-0.25, -0.2) is 0 Å². The summed E-state index contributed by atoms with van der Waals surface area (Å²) in [6.45, 7) is 0.995. The minimum absolute atomic E-state index is 0.152. The third-order valence-corrected chi connectivity index (χ3v) is 9.31. The molecule has 0 bridgehead atoms. The molecule has 8 nitrogen and oxygen atoms in total. The van der Waals surface area contributed by atoms with Gasteiger partial charge in [-0.3, -0.25) is 14.5 Å². The summed E-state index contributed by atoms with van der Waals surface area (Å²) in [5.41, 5.74) is 0.329. The van der Waals surface area contributed by atoms with Crippen LogP contribution in [-0.2, 0) is 19.8 Å². The Morgan fingerprint density at radius 2 is 1.53 bits per heavy atom. The molecular weight excluding hydrogens is 611 g/mol. The quantitative estimate of drug-likeness (QED) is 0.242. The molecule has 1 aliphatic carbocycles. The van der Waals surface area contributed by atoms with Crippen LogP contribution >= 0.6 is 0 Å². The second kappa shape index (κ2) is 11.7. The SMILES string of the molecule is O=C(c1ccc2c(c1)CN(c1ccc(OCc3ccccc3)nc1OCc1ccccc1)C2=O)N1CC2(CCC(O)(C(F)(F)F)C2)C1. The zero-order valence-electron chi connectivity index (χ0n) is 25.4. The van der Waals surface area contributed by atoms with Crippen LogP contribution < -0.4 is 14.4 Å². The first-order chi connectivity index (χ1) is 22.5. The highest BCUT2D eigenvalue weighted by Gasteiger charge is 2.64. The average molecular weight is 644 g/mol. The highest BCUT2D eigenvalue weighted by atomic mass is 19.4. The van der Waals surface area contributed by atoms with Crippen LogP contribution in [0.3, 0.4) is 0 Å². The number of aromatic nitrogens is 1. The van der Waals surface area contributed by atoms with E-state index in [2.05, 4.69) is 4.98 Å². The zero-order chi connectivity index (χ0) is 32.8. The van der Waals surface area contributed by atoms with E-state index in [1.807, 2.05) is 60.7 Å². The van der Waals surface area contributed by atoms with Crippen molar-refractivity contribution in [3.8, 4) is 11.8 Å². The number of amides is 2. The predicted molar refractivity (Wildman–Crippen MR) is 166 cm³/mol. The summed E-state index contributed by atoms with van der Waals surface area (Å²) in [7, 11) is 0. The van der Waals surface area contributed by atoms with Gasteiger partial charge in [0.1, 0.15) is 18.9 Å².